The maximum Gasteiger partial charge on any atom is 0.319 e. The molecule has 3 N–H and O–H groups in total. The molecule has 2 aromatic rings. The van der Waals surface area contributed by atoms with E-state index in [1.807, 2.05) is 38.1 Å². The highest BCUT2D eigenvalue weighted by molar-refractivity contribution is 5.90. The molecule has 0 aliphatic carbocycles. The number of urea groups is 1. The molecule has 0 heterocycles. The van der Waals surface area contributed by atoms with Crippen LogP contribution in [0, 0.1) is 13.8 Å². The van der Waals surface area contributed by atoms with Crippen LogP contribution in [0.25, 0.3) is 0 Å². The number of rotatable bonds is 6. The predicted molar refractivity (Wildman–Crippen MR) is 91.2 cm³/mol. The van der Waals surface area contributed by atoms with Gasteiger partial charge < -0.3 is 20.5 Å². The molecule has 122 valence electrons. The molecule has 0 saturated carbocycles. The first-order valence-electron chi connectivity index (χ1n) is 7.59. The largest absolute Gasteiger partial charge is 0.506 e. The first-order valence-corrected chi connectivity index (χ1v) is 7.59. The lowest BCUT2D eigenvalue weighted by molar-refractivity contribution is 0.250. The third-order valence-corrected chi connectivity index (χ3v) is 3.36. The Morgan fingerprint density at radius 1 is 1.17 bits per heavy atom. The summed E-state index contributed by atoms with van der Waals surface area (Å²) in [7, 11) is 0. The molecular formula is C18H22N2O3. The lowest BCUT2D eigenvalue weighted by Crippen LogP contribution is -2.30. The van der Waals surface area contributed by atoms with Crippen molar-refractivity contribution in [1.29, 1.82) is 0 Å². The van der Waals surface area contributed by atoms with Crippen molar-refractivity contribution in [2.75, 3.05) is 18.5 Å². The molecule has 23 heavy (non-hydrogen) atoms. The van der Waals surface area contributed by atoms with Gasteiger partial charge in [0, 0.05) is 6.54 Å². The van der Waals surface area contributed by atoms with Crippen LogP contribution in [0.1, 0.15) is 17.5 Å². The number of phenols is 1. The molecule has 0 spiro atoms. The number of aryl methyl sites for hydroxylation is 2. The molecule has 0 aliphatic heterocycles. The number of phenolic OH excluding ortho intramolecular Hbond substituents is 1. The van der Waals surface area contributed by atoms with Gasteiger partial charge in [-0.05, 0) is 49.6 Å². The van der Waals surface area contributed by atoms with Crippen LogP contribution in [0.4, 0.5) is 10.5 Å². The van der Waals surface area contributed by atoms with E-state index in [1.165, 1.54) is 0 Å². The molecule has 0 aromatic heterocycles. The van der Waals surface area contributed by atoms with Gasteiger partial charge in [0.1, 0.15) is 11.5 Å². The van der Waals surface area contributed by atoms with Gasteiger partial charge in [-0.15, -0.1) is 0 Å². The standard InChI is InChI=1S/C18H22N2O3/c1-13-8-9-16(21)15(12-13)20-18(22)19-10-5-11-23-17-7-4-3-6-14(17)2/h3-4,6-9,12,21H,5,10-11H2,1-2H3,(H2,19,20,22). The van der Waals surface area contributed by atoms with Crippen LogP contribution in [-0.2, 0) is 0 Å². The Labute approximate surface area is 136 Å². The van der Waals surface area contributed by atoms with Crippen molar-refractivity contribution in [3.63, 3.8) is 0 Å². The van der Waals surface area contributed by atoms with Gasteiger partial charge in [-0.2, -0.15) is 0 Å². The second-order valence-corrected chi connectivity index (χ2v) is 5.37. The summed E-state index contributed by atoms with van der Waals surface area (Å²) >= 11 is 0. The number of carbonyl (C=O) groups is 1. The van der Waals surface area contributed by atoms with Gasteiger partial charge in [0.2, 0.25) is 0 Å². The van der Waals surface area contributed by atoms with Crippen LogP contribution in [-0.4, -0.2) is 24.3 Å². The second-order valence-electron chi connectivity index (χ2n) is 5.37. The SMILES string of the molecule is Cc1ccc(O)c(NC(=O)NCCCOc2ccccc2C)c1. The van der Waals surface area contributed by atoms with Crippen LogP contribution in [0.2, 0.25) is 0 Å². The Kier molecular flexibility index (Phi) is 5.86. The molecular weight excluding hydrogens is 292 g/mol. The second kappa shape index (κ2) is 8.08. The summed E-state index contributed by atoms with van der Waals surface area (Å²) in [5.41, 5.74) is 2.46. The van der Waals surface area contributed by atoms with Gasteiger partial charge in [0.15, 0.2) is 0 Å². The van der Waals surface area contributed by atoms with Crippen molar-refractivity contribution >= 4 is 11.7 Å². The first-order chi connectivity index (χ1) is 11.1. The fourth-order valence-electron chi connectivity index (χ4n) is 2.09. The fraction of sp³-hybridized carbons (Fsp3) is 0.278. The third-order valence-electron chi connectivity index (χ3n) is 3.36. The fourth-order valence-corrected chi connectivity index (χ4v) is 2.09. The number of ether oxygens (including phenoxy) is 1. The molecule has 5 nitrogen and oxygen atoms in total. The quantitative estimate of drug-likeness (QED) is 0.563. The summed E-state index contributed by atoms with van der Waals surface area (Å²) in [6.45, 7) is 4.91. The molecule has 0 fully saturated rings. The lowest BCUT2D eigenvalue weighted by atomic mass is 10.2. The van der Waals surface area contributed by atoms with Gasteiger partial charge in [-0.1, -0.05) is 24.3 Å². The van der Waals surface area contributed by atoms with Crippen molar-refractivity contribution in [3.8, 4) is 11.5 Å². The summed E-state index contributed by atoms with van der Waals surface area (Å²) in [6, 6.07) is 12.5. The van der Waals surface area contributed by atoms with Crippen LogP contribution in [0.5, 0.6) is 11.5 Å². The zero-order valence-corrected chi connectivity index (χ0v) is 13.4. The zero-order valence-electron chi connectivity index (χ0n) is 13.4. The average Bonchev–Trinajstić information content (AvgIpc) is 2.52. The third kappa shape index (κ3) is 5.21. The summed E-state index contributed by atoms with van der Waals surface area (Å²) < 4.78 is 5.66. The number of amides is 2. The predicted octanol–water partition coefficient (Wildman–Crippen LogP) is 3.60. The van der Waals surface area contributed by atoms with Crippen LogP contribution >= 0.6 is 0 Å². The number of aromatic hydroxyl groups is 1. The summed E-state index contributed by atoms with van der Waals surface area (Å²) in [6.07, 6.45) is 0.696. The van der Waals surface area contributed by atoms with Gasteiger partial charge in [-0.3, -0.25) is 0 Å². The minimum Gasteiger partial charge on any atom is -0.506 e. The van der Waals surface area contributed by atoms with Crippen molar-refractivity contribution in [2.24, 2.45) is 0 Å². The topological polar surface area (TPSA) is 70.6 Å². The highest BCUT2D eigenvalue weighted by atomic mass is 16.5. The molecule has 0 radical (unpaired) electrons. The molecule has 0 aliphatic rings. The maximum absolute atomic E-state index is 11.8. The number of hydrogen-bond acceptors (Lipinski definition) is 3. The van der Waals surface area contributed by atoms with Crippen molar-refractivity contribution in [3.05, 3.63) is 53.6 Å². The Morgan fingerprint density at radius 2 is 1.96 bits per heavy atom. The van der Waals surface area contributed by atoms with E-state index < -0.39 is 0 Å². The van der Waals surface area contributed by atoms with Gasteiger partial charge >= 0.3 is 6.03 Å². The van der Waals surface area contributed by atoms with Crippen LogP contribution in [0.3, 0.4) is 0 Å². The van der Waals surface area contributed by atoms with E-state index in [9.17, 15) is 9.90 Å². The van der Waals surface area contributed by atoms with E-state index in [2.05, 4.69) is 10.6 Å². The number of benzene rings is 2. The number of carbonyl (C=O) groups excluding carboxylic acids is 1. The first kappa shape index (κ1) is 16.7. The van der Waals surface area contributed by atoms with E-state index in [4.69, 9.17) is 4.74 Å². The number of para-hydroxylation sites is 1. The smallest absolute Gasteiger partial charge is 0.319 e. The van der Waals surface area contributed by atoms with Gasteiger partial charge in [0.25, 0.3) is 0 Å². The van der Waals surface area contributed by atoms with Crippen molar-refractivity contribution in [2.45, 2.75) is 20.3 Å². The molecule has 2 rings (SSSR count). The zero-order chi connectivity index (χ0) is 16.7. The van der Waals surface area contributed by atoms with E-state index in [1.54, 1.807) is 18.2 Å². The Balaban J connectivity index is 1.69. The molecule has 2 amide bonds. The van der Waals surface area contributed by atoms with Crippen LogP contribution in [0.15, 0.2) is 42.5 Å². The van der Waals surface area contributed by atoms with E-state index in [0.717, 1.165) is 16.9 Å². The minimum absolute atomic E-state index is 0.0497. The Hall–Kier alpha value is -2.69. The molecule has 2 aromatic carbocycles. The Morgan fingerprint density at radius 3 is 2.74 bits per heavy atom. The van der Waals surface area contributed by atoms with E-state index in [0.29, 0.717) is 25.3 Å². The normalized spacial score (nSPS) is 10.2. The summed E-state index contributed by atoms with van der Waals surface area (Å²) in [5.74, 6) is 0.912. The summed E-state index contributed by atoms with van der Waals surface area (Å²) in [4.78, 5) is 11.8. The van der Waals surface area contributed by atoms with E-state index >= 15 is 0 Å². The van der Waals surface area contributed by atoms with E-state index in [-0.39, 0.29) is 11.8 Å². The molecule has 0 bridgehead atoms. The molecule has 0 atom stereocenters. The highest BCUT2D eigenvalue weighted by Gasteiger charge is 2.06. The van der Waals surface area contributed by atoms with Gasteiger partial charge in [0.05, 0.1) is 12.3 Å². The monoisotopic (exact) mass is 314 g/mol. The Bertz CT molecular complexity index is 671. The molecule has 0 unspecified atom stereocenters. The summed E-state index contributed by atoms with van der Waals surface area (Å²) in [5, 5.41) is 15.0. The average molecular weight is 314 g/mol. The van der Waals surface area contributed by atoms with Crippen molar-refractivity contribution in [1.82, 2.24) is 5.32 Å². The maximum atomic E-state index is 11.8. The van der Waals surface area contributed by atoms with Crippen LogP contribution < -0.4 is 15.4 Å². The number of nitrogens with one attached hydrogen (secondary N) is 2. The van der Waals surface area contributed by atoms with Crippen molar-refractivity contribution < 1.29 is 14.6 Å². The number of anilines is 1. The number of hydrogen-bond donors (Lipinski definition) is 3. The minimum atomic E-state index is -0.346. The highest BCUT2D eigenvalue weighted by Crippen LogP contribution is 2.23. The lowest BCUT2D eigenvalue weighted by Gasteiger charge is -2.11. The van der Waals surface area contributed by atoms with Gasteiger partial charge in [-0.25, -0.2) is 4.79 Å². The molecule has 0 saturated heterocycles. The molecule has 5 heteroatoms.